The van der Waals surface area contributed by atoms with Crippen LogP contribution < -0.4 is 0 Å². The number of rotatable bonds is 3. The van der Waals surface area contributed by atoms with Gasteiger partial charge < -0.3 is 4.74 Å². The van der Waals surface area contributed by atoms with Gasteiger partial charge in [-0.3, -0.25) is 4.79 Å². The molecule has 0 amide bonds. The molecule has 0 aliphatic carbocycles. The number of halogens is 4. The van der Waals surface area contributed by atoms with E-state index in [1.807, 2.05) is 0 Å². The van der Waals surface area contributed by atoms with E-state index in [4.69, 9.17) is 11.6 Å². The number of esters is 1. The minimum atomic E-state index is -2.74. The number of ether oxygens (including phenoxy) is 1. The third-order valence-corrected chi connectivity index (χ3v) is 2.66. The van der Waals surface area contributed by atoms with E-state index in [-0.39, 0.29) is 27.3 Å². The van der Waals surface area contributed by atoms with Gasteiger partial charge in [-0.2, -0.15) is 0 Å². The van der Waals surface area contributed by atoms with Gasteiger partial charge in [0.15, 0.2) is 0 Å². The Morgan fingerprint density at radius 1 is 1.69 bits per heavy atom. The largest absolute Gasteiger partial charge is 0.469 e. The van der Waals surface area contributed by atoms with E-state index in [1.54, 1.807) is 0 Å². The van der Waals surface area contributed by atoms with Crippen LogP contribution in [0.4, 0.5) is 8.78 Å². The molecule has 0 N–H and O–H groups in total. The van der Waals surface area contributed by atoms with E-state index in [0.29, 0.717) is 0 Å². The van der Waals surface area contributed by atoms with Crippen LogP contribution in [0.2, 0.25) is 5.15 Å². The van der Waals surface area contributed by atoms with Crippen LogP contribution in [0.15, 0.2) is 10.5 Å². The van der Waals surface area contributed by atoms with Crippen LogP contribution >= 0.6 is 27.5 Å². The minimum Gasteiger partial charge on any atom is -0.469 e. The summed E-state index contributed by atoms with van der Waals surface area (Å²) in [4.78, 5) is 14.7. The van der Waals surface area contributed by atoms with Gasteiger partial charge in [-0.25, -0.2) is 13.8 Å². The molecule has 0 aliphatic rings. The number of alkyl halides is 2. The lowest BCUT2D eigenvalue weighted by Crippen LogP contribution is -2.10. The number of methoxy groups -OCH3 is 1. The summed E-state index contributed by atoms with van der Waals surface area (Å²) in [6, 6.07) is 1.25. The molecule has 7 heteroatoms. The van der Waals surface area contributed by atoms with Crippen LogP contribution in [0.5, 0.6) is 0 Å². The number of carbonyl (C=O) groups excluding carboxylic acids is 1. The van der Waals surface area contributed by atoms with Crippen molar-refractivity contribution in [3.05, 3.63) is 26.9 Å². The monoisotopic (exact) mass is 313 g/mol. The van der Waals surface area contributed by atoms with Gasteiger partial charge in [0.1, 0.15) is 5.15 Å². The lowest BCUT2D eigenvalue weighted by atomic mass is 10.1. The van der Waals surface area contributed by atoms with Crippen molar-refractivity contribution in [2.24, 2.45) is 0 Å². The highest BCUT2D eigenvalue weighted by Crippen LogP contribution is 2.31. The maximum absolute atomic E-state index is 12.7. The van der Waals surface area contributed by atoms with Gasteiger partial charge in [0, 0.05) is 4.47 Å². The van der Waals surface area contributed by atoms with Crippen molar-refractivity contribution in [3.8, 4) is 0 Å². The first kappa shape index (κ1) is 13.3. The number of carbonyl (C=O) groups is 1. The Hall–Kier alpha value is -0.750. The fourth-order valence-corrected chi connectivity index (χ4v) is 2.08. The Labute approximate surface area is 104 Å². The number of hydrogen-bond acceptors (Lipinski definition) is 3. The zero-order chi connectivity index (χ0) is 12.3. The topological polar surface area (TPSA) is 39.2 Å². The van der Waals surface area contributed by atoms with Gasteiger partial charge in [0.2, 0.25) is 0 Å². The number of pyridine rings is 1. The molecule has 1 aromatic heterocycles. The third kappa shape index (κ3) is 3.12. The van der Waals surface area contributed by atoms with E-state index in [1.165, 1.54) is 13.2 Å². The summed E-state index contributed by atoms with van der Waals surface area (Å²) in [7, 11) is 1.17. The third-order valence-electron chi connectivity index (χ3n) is 1.81. The van der Waals surface area contributed by atoms with Crippen LogP contribution in [0, 0.1) is 0 Å². The summed E-state index contributed by atoms with van der Waals surface area (Å²) in [5, 5.41) is 0.0372. The highest BCUT2D eigenvalue weighted by molar-refractivity contribution is 9.10. The molecular formula is C9H7BrClF2NO2. The molecule has 0 radical (unpaired) electrons. The van der Waals surface area contributed by atoms with Crippen LogP contribution in [0.25, 0.3) is 0 Å². The standard InChI is InChI=1S/C9H7BrClF2NO2/c1-16-7(15)3-5-8(9(12)13)4(10)2-6(11)14-5/h2,9H,3H2,1H3. The zero-order valence-electron chi connectivity index (χ0n) is 8.14. The summed E-state index contributed by atoms with van der Waals surface area (Å²) in [5.74, 6) is -0.649. The summed E-state index contributed by atoms with van der Waals surface area (Å²) in [5.41, 5.74) is -0.420. The zero-order valence-corrected chi connectivity index (χ0v) is 10.5. The second-order valence-corrected chi connectivity index (χ2v) is 4.08. The molecule has 1 rings (SSSR count). The summed E-state index contributed by atoms with van der Waals surface area (Å²) in [6.07, 6.45) is -3.08. The van der Waals surface area contributed by atoms with Crippen LogP contribution in [-0.2, 0) is 16.0 Å². The molecular weight excluding hydrogens is 307 g/mol. The molecule has 0 saturated carbocycles. The Morgan fingerprint density at radius 2 is 2.31 bits per heavy atom. The predicted octanol–water partition coefficient (Wildman–Crippen LogP) is 3.15. The Bertz CT molecular complexity index is 415. The molecule has 0 fully saturated rings. The van der Waals surface area contributed by atoms with E-state index in [0.717, 1.165) is 0 Å². The summed E-state index contributed by atoms with van der Waals surface area (Å²) in [6.45, 7) is 0. The fraction of sp³-hybridized carbons (Fsp3) is 0.333. The molecule has 0 atom stereocenters. The van der Waals surface area contributed by atoms with Gasteiger partial charge in [-0.1, -0.05) is 27.5 Å². The Morgan fingerprint density at radius 3 is 2.81 bits per heavy atom. The molecule has 88 valence electrons. The van der Waals surface area contributed by atoms with Crippen molar-refractivity contribution < 1.29 is 18.3 Å². The average Bonchev–Trinajstić information content (AvgIpc) is 2.15. The van der Waals surface area contributed by atoms with Crippen LogP contribution in [0.1, 0.15) is 17.7 Å². The lowest BCUT2D eigenvalue weighted by molar-refractivity contribution is -0.139. The number of aromatic nitrogens is 1. The first-order valence-corrected chi connectivity index (χ1v) is 5.32. The normalized spacial score (nSPS) is 10.6. The SMILES string of the molecule is COC(=O)Cc1nc(Cl)cc(Br)c1C(F)F. The van der Waals surface area contributed by atoms with Crippen molar-refractivity contribution >= 4 is 33.5 Å². The molecule has 1 aromatic rings. The van der Waals surface area contributed by atoms with Gasteiger partial charge in [0.05, 0.1) is 24.8 Å². The van der Waals surface area contributed by atoms with Gasteiger partial charge >= 0.3 is 5.97 Å². The molecule has 0 aromatic carbocycles. The summed E-state index contributed by atoms with van der Waals surface area (Å²) >= 11 is 8.57. The molecule has 0 aliphatic heterocycles. The van der Waals surface area contributed by atoms with Crippen molar-refractivity contribution in [2.45, 2.75) is 12.8 Å². The summed E-state index contributed by atoms with van der Waals surface area (Å²) < 4.78 is 29.9. The van der Waals surface area contributed by atoms with E-state index in [2.05, 4.69) is 25.7 Å². The average molecular weight is 315 g/mol. The molecule has 16 heavy (non-hydrogen) atoms. The molecule has 3 nitrogen and oxygen atoms in total. The van der Waals surface area contributed by atoms with Crippen LogP contribution in [-0.4, -0.2) is 18.1 Å². The van der Waals surface area contributed by atoms with Gasteiger partial charge in [-0.05, 0) is 6.07 Å². The second kappa shape index (κ2) is 5.54. The second-order valence-electron chi connectivity index (χ2n) is 2.84. The quantitative estimate of drug-likeness (QED) is 0.635. The predicted molar refractivity (Wildman–Crippen MR) is 57.6 cm³/mol. The van der Waals surface area contributed by atoms with Crippen molar-refractivity contribution in [1.29, 1.82) is 0 Å². The van der Waals surface area contributed by atoms with Crippen LogP contribution in [0.3, 0.4) is 0 Å². The van der Waals surface area contributed by atoms with E-state index < -0.39 is 12.4 Å². The van der Waals surface area contributed by atoms with E-state index >= 15 is 0 Å². The molecule has 0 saturated heterocycles. The van der Waals surface area contributed by atoms with Crippen molar-refractivity contribution in [3.63, 3.8) is 0 Å². The van der Waals surface area contributed by atoms with Crippen molar-refractivity contribution in [2.75, 3.05) is 7.11 Å². The minimum absolute atomic E-state index is 0.0372. The Kier molecular flexibility index (Phi) is 4.61. The molecule has 0 bridgehead atoms. The fourth-order valence-electron chi connectivity index (χ4n) is 1.12. The van der Waals surface area contributed by atoms with Crippen molar-refractivity contribution in [1.82, 2.24) is 4.98 Å². The molecule has 0 unspecified atom stereocenters. The lowest BCUT2D eigenvalue weighted by Gasteiger charge is -2.09. The highest BCUT2D eigenvalue weighted by Gasteiger charge is 2.21. The maximum atomic E-state index is 12.7. The highest BCUT2D eigenvalue weighted by atomic mass is 79.9. The smallest absolute Gasteiger partial charge is 0.311 e. The van der Waals surface area contributed by atoms with E-state index in [9.17, 15) is 13.6 Å². The van der Waals surface area contributed by atoms with Gasteiger partial charge in [-0.15, -0.1) is 0 Å². The maximum Gasteiger partial charge on any atom is 0.311 e. The number of hydrogen-bond donors (Lipinski definition) is 0. The molecule has 1 heterocycles. The van der Waals surface area contributed by atoms with Gasteiger partial charge in [0.25, 0.3) is 6.43 Å². The number of nitrogens with zero attached hydrogens (tertiary/aromatic N) is 1. The molecule has 0 spiro atoms. The Balaban J connectivity index is 3.18. The first-order valence-electron chi connectivity index (χ1n) is 4.15. The first-order chi connectivity index (χ1) is 7.45.